The van der Waals surface area contributed by atoms with Crippen LogP contribution in [0.15, 0.2) is 18.2 Å². The molecular weight excluding hydrogens is 337 g/mol. The summed E-state index contributed by atoms with van der Waals surface area (Å²) in [5.41, 5.74) is 0.613. The number of carbonyl (C=O) groups excluding carboxylic acids is 1. The monoisotopic (exact) mass is 365 g/mol. The normalized spacial score (nSPS) is 17.6. The van der Waals surface area contributed by atoms with E-state index in [1.165, 1.54) is 6.07 Å². The molecule has 1 heterocycles. The zero-order valence-electron chi connectivity index (χ0n) is 15.7. The van der Waals surface area contributed by atoms with Gasteiger partial charge >= 0.3 is 5.97 Å². The Balaban J connectivity index is 2.08. The number of aliphatic carboxylic acids is 1. The van der Waals surface area contributed by atoms with Crippen molar-refractivity contribution in [2.75, 3.05) is 37.6 Å². The van der Waals surface area contributed by atoms with Gasteiger partial charge in [-0.2, -0.15) is 0 Å². The Kier molecular flexibility index (Phi) is 6.97. The number of carbonyl (C=O) groups is 2. The number of carboxylic acids is 1. The first-order chi connectivity index (χ1) is 12.4. The van der Waals surface area contributed by atoms with Crippen molar-refractivity contribution in [1.29, 1.82) is 0 Å². The molecule has 0 radical (unpaired) electrons. The number of hydrogen-bond acceptors (Lipinski definition) is 4. The summed E-state index contributed by atoms with van der Waals surface area (Å²) < 4.78 is 14.5. The van der Waals surface area contributed by atoms with E-state index in [4.69, 9.17) is 0 Å². The molecule has 2 N–H and O–H groups in total. The van der Waals surface area contributed by atoms with Gasteiger partial charge in [0.15, 0.2) is 0 Å². The van der Waals surface area contributed by atoms with Crippen LogP contribution in [0.25, 0.3) is 0 Å². The van der Waals surface area contributed by atoms with Crippen LogP contribution in [-0.2, 0) is 4.79 Å². The van der Waals surface area contributed by atoms with Crippen LogP contribution >= 0.6 is 0 Å². The standard InChI is InChI=1S/C19H28FN3O3/c1-4-13(3)17(19(25)26)21-18(24)14-6-7-16(15(20)12-14)23-10-8-22(5-2)9-11-23/h6-7,12-13,17H,4-5,8-11H2,1-3H3,(H,21,24)(H,25,26)/t13-,17-/m0/s1. The van der Waals surface area contributed by atoms with Crippen molar-refractivity contribution < 1.29 is 19.1 Å². The second kappa shape index (κ2) is 8.98. The Labute approximate surface area is 154 Å². The molecule has 2 atom stereocenters. The summed E-state index contributed by atoms with van der Waals surface area (Å²) in [6, 6.07) is 3.35. The molecule has 6 nitrogen and oxygen atoms in total. The van der Waals surface area contributed by atoms with Gasteiger partial charge in [-0.1, -0.05) is 27.2 Å². The van der Waals surface area contributed by atoms with Crippen LogP contribution in [0.5, 0.6) is 0 Å². The number of hydrogen-bond donors (Lipinski definition) is 2. The molecule has 1 aliphatic rings. The highest BCUT2D eigenvalue weighted by Gasteiger charge is 2.26. The van der Waals surface area contributed by atoms with Gasteiger partial charge in [0, 0.05) is 31.7 Å². The van der Waals surface area contributed by atoms with Gasteiger partial charge in [0.05, 0.1) is 5.69 Å². The molecule has 26 heavy (non-hydrogen) atoms. The molecule has 1 fully saturated rings. The molecule has 1 amide bonds. The molecule has 0 unspecified atom stereocenters. The van der Waals surface area contributed by atoms with Crippen molar-refractivity contribution in [1.82, 2.24) is 10.2 Å². The third kappa shape index (κ3) is 4.72. The molecule has 1 saturated heterocycles. The summed E-state index contributed by atoms with van der Waals surface area (Å²) in [6.07, 6.45) is 0.619. The van der Waals surface area contributed by atoms with E-state index in [1.54, 1.807) is 19.1 Å². The number of carboxylic acid groups (broad SMARTS) is 1. The van der Waals surface area contributed by atoms with Crippen molar-refractivity contribution in [3.8, 4) is 0 Å². The van der Waals surface area contributed by atoms with Gasteiger partial charge in [0.2, 0.25) is 0 Å². The van der Waals surface area contributed by atoms with E-state index in [1.807, 2.05) is 11.8 Å². The summed E-state index contributed by atoms with van der Waals surface area (Å²) in [7, 11) is 0. The quantitative estimate of drug-likeness (QED) is 0.775. The minimum Gasteiger partial charge on any atom is -0.480 e. The summed E-state index contributed by atoms with van der Waals surface area (Å²) in [5, 5.41) is 11.8. The van der Waals surface area contributed by atoms with E-state index in [0.29, 0.717) is 12.1 Å². The highest BCUT2D eigenvalue weighted by atomic mass is 19.1. The minimum atomic E-state index is -1.08. The number of piperazine rings is 1. The van der Waals surface area contributed by atoms with Gasteiger partial charge in [-0.25, -0.2) is 9.18 Å². The number of nitrogens with one attached hydrogen (secondary N) is 1. The maximum Gasteiger partial charge on any atom is 0.326 e. The molecule has 0 saturated carbocycles. The Hall–Kier alpha value is -2.15. The number of rotatable bonds is 7. The average molecular weight is 365 g/mol. The molecule has 1 aliphatic heterocycles. The number of likely N-dealkylation sites (N-methyl/N-ethyl adjacent to an activating group) is 1. The number of anilines is 1. The van der Waals surface area contributed by atoms with Crippen LogP contribution < -0.4 is 10.2 Å². The third-order valence-electron chi connectivity index (χ3n) is 5.14. The summed E-state index contributed by atoms with van der Waals surface area (Å²) in [6.45, 7) is 9.96. The van der Waals surface area contributed by atoms with Crippen molar-refractivity contribution in [3.63, 3.8) is 0 Å². The molecule has 0 bridgehead atoms. The first kappa shape index (κ1) is 20.2. The average Bonchev–Trinajstić information content (AvgIpc) is 2.65. The predicted molar refractivity (Wildman–Crippen MR) is 99.1 cm³/mol. The lowest BCUT2D eigenvalue weighted by molar-refractivity contribution is -0.140. The fourth-order valence-corrected chi connectivity index (χ4v) is 3.12. The van der Waals surface area contributed by atoms with Crippen molar-refractivity contribution in [2.45, 2.75) is 33.2 Å². The van der Waals surface area contributed by atoms with E-state index in [2.05, 4.69) is 17.1 Å². The Morgan fingerprint density at radius 2 is 1.88 bits per heavy atom. The van der Waals surface area contributed by atoms with Crippen LogP contribution in [0.2, 0.25) is 0 Å². The second-order valence-corrected chi connectivity index (χ2v) is 6.76. The highest BCUT2D eigenvalue weighted by molar-refractivity contribution is 5.97. The van der Waals surface area contributed by atoms with E-state index < -0.39 is 23.7 Å². The van der Waals surface area contributed by atoms with Crippen LogP contribution in [0.3, 0.4) is 0 Å². The highest BCUT2D eigenvalue weighted by Crippen LogP contribution is 2.22. The Bertz CT molecular complexity index is 645. The van der Waals surface area contributed by atoms with Crippen molar-refractivity contribution in [2.24, 2.45) is 5.92 Å². The fraction of sp³-hybridized carbons (Fsp3) is 0.579. The largest absolute Gasteiger partial charge is 0.480 e. The molecule has 2 rings (SSSR count). The number of nitrogens with zero attached hydrogens (tertiary/aromatic N) is 2. The Morgan fingerprint density at radius 3 is 2.38 bits per heavy atom. The zero-order chi connectivity index (χ0) is 19.3. The van der Waals surface area contributed by atoms with Crippen LogP contribution in [-0.4, -0.2) is 60.6 Å². The summed E-state index contributed by atoms with van der Waals surface area (Å²) in [5.74, 6) is -2.33. The van der Waals surface area contributed by atoms with Crippen LogP contribution in [0, 0.1) is 11.7 Å². The molecule has 144 valence electrons. The van der Waals surface area contributed by atoms with E-state index in [9.17, 15) is 19.1 Å². The van der Waals surface area contributed by atoms with Crippen molar-refractivity contribution in [3.05, 3.63) is 29.6 Å². The first-order valence-corrected chi connectivity index (χ1v) is 9.17. The molecule has 7 heteroatoms. The third-order valence-corrected chi connectivity index (χ3v) is 5.14. The lowest BCUT2D eigenvalue weighted by atomic mass is 9.99. The minimum absolute atomic E-state index is 0.132. The molecule has 0 aromatic heterocycles. The van der Waals surface area contributed by atoms with Gasteiger partial charge in [-0.05, 0) is 30.7 Å². The second-order valence-electron chi connectivity index (χ2n) is 6.76. The lowest BCUT2D eigenvalue weighted by Crippen LogP contribution is -2.46. The van der Waals surface area contributed by atoms with Gasteiger partial charge in [0.1, 0.15) is 11.9 Å². The van der Waals surface area contributed by atoms with Gasteiger partial charge in [0.25, 0.3) is 5.91 Å². The van der Waals surface area contributed by atoms with Gasteiger partial charge < -0.3 is 20.2 Å². The number of halogens is 1. The predicted octanol–water partition coefficient (Wildman–Crippen LogP) is 2.20. The fourth-order valence-electron chi connectivity index (χ4n) is 3.12. The number of benzene rings is 1. The van der Waals surface area contributed by atoms with Crippen LogP contribution in [0.4, 0.5) is 10.1 Å². The maximum atomic E-state index is 14.5. The van der Waals surface area contributed by atoms with E-state index in [-0.39, 0.29) is 11.5 Å². The summed E-state index contributed by atoms with van der Waals surface area (Å²) >= 11 is 0. The van der Waals surface area contributed by atoms with Crippen LogP contribution in [0.1, 0.15) is 37.6 Å². The lowest BCUT2D eigenvalue weighted by Gasteiger charge is -2.35. The molecule has 1 aromatic rings. The molecule has 0 spiro atoms. The molecule has 0 aliphatic carbocycles. The first-order valence-electron chi connectivity index (χ1n) is 9.17. The molecular formula is C19H28FN3O3. The maximum absolute atomic E-state index is 14.5. The van der Waals surface area contributed by atoms with E-state index >= 15 is 0 Å². The van der Waals surface area contributed by atoms with Gasteiger partial charge in [-0.15, -0.1) is 0 Å². The summed E-state index contributed by atoms with van der Waals surface area (Å²) in [4.78, 5) is 28.0. The molecule has 1 aromatic carbocycles. The Morgan fingerprint density at radius 1 is 1.23 bits per heavy atom. The smallest absolute Gasteiger partial charge is 0.326 e. The zero-order valence-corrected chi connectivity index (χ0v) is 15.7. The SMILES string of the molecule is CC[C@H](C)[C@H](NC(=O)c1ccc(N2CCN(CC)CC2)c(F)c1)C(=O)O. The van der Waals surface area contributed by atoms with Gasteiger partial charge in [-0.3, -0.25) is 4.79 Å². The van der Waals surface area contributed by atoms with Crippen molar-refractivity contribution >= 4 is 17.6 Å². The topological polar surface area (TPSA) is 72.9 Å². The van der Waals surface area contributed by atoms with E-state index in [0.717, 1.165) is 32.7 Å². The number of amides is 1.